The van der Waals surface area contributed by atoms with Crippen LogP contribution in [0.4, 0.5) is 5.69 Å². The van der Waals surface area contributed by atoms with Crippen molar-refractivity contribution < 1.29 is 9.72 Å². The molecule has 1 aromatic carbocycles. The predicted octanol–water partition coefficient (Wildman–Crippen LogP) is 2.17. The predicted molar refractivity (Wildman–Crippen MR) is 78.6 cm³/mol. The molecule has 112 valence electrons. The van der Waals surface area contributed by atoms with Crippen molar-refractivity contribution >= 4 is 23.2 Å². The minimum atomic E-state index is -0.551. The van der Waals surface area contributed by atoms with Crippen LogP contribution in [0.15, 0.2) is 18.2 Å². The van der Waals surface area contributed by atoms with E-state index >= 15 is 0 Å². The first-order valence-electron chi connectivity index (χ1n) is 7.03. The van der Waals surface area contributed by atoms with Crippen LogP contribution in [0.3, 0.4) is 0 Å². The van der Waals surface area contributed by atoms with Crippen LogP contribution in [0.1, 0.15) is 23.2 Å². The molecule has 1 aliphatic heterocycles. The summed E-state index contributed by atoms with van der Waals surface area (Å²) in [5.41, 5.74) is 0.234. The molecule has 0 atom stereocenters. The van der Waals surface area contributed by atoms with Gasteiger partial charge in [-0.05, 0) is 25.0 Å². The van der Waals surface area contributed by atoms with E-state index in [9.17, 15) is 14.9 Å². The zero-order valence-electron chi connectivity index (χ0n) is 11.5. The van der Waals surface area contributed by atoms with Crippen molar-refractivity contribution in [1.82, 2.24) is 9.80 Å². The number of rotatable bonds is 3. The van der Waals surface area contributed by atoms with Crippen molar-refractivity contribution in [2.24, 2.45) is 0 Å². The first-order chi connectivity index (χ1) is 10.1. The third-order valence-corrected chi connectivity index (χ3v) is 4.36. The summed E-state index contributed by atoms with van der Waals surface area (Å²) >= 11 is 5.86. The molecule has 21 heavy (non-hydrogen) atoms. The molecule has 0 N–H and O–H groups in total. The molecule has 0 radical (unpaired) electrons. The van der Waals surface area contributed by atoms with E-state index < -0.39 is 4.92 Å². The quantitative estimate of drug-likeness (QED) is 0.634. The minimum absolute atomic E-state index is 0.00228. The summed E-state index contributed by atoms with van der Waals surface area (Å²) in [5.74, 6) is -0.109. The van der Waals surface area contributed by atoms with Gasteiger partial charge in [0.15, 0.2) is 0 Å². The highest BCUT2D eigenvalue weighted by Crippen LogP contribution is 2.28. The van der Waals surface area contributed by atoms with E-state index in [0.29, 0.717) is 18.7 Å². The summed E-state index contributed by atoms with van der Waals surface area (Å²) in [6.45, 7) is 3.20. The van der Waals surface area contributed by atoms with Crippen LogP contribution in [-0.4, -0.2) is 52.9 Å². The fraction of sp³-hybridized carbons (Fsp3) is 0.500. The maximum Gasteiger partial charge on any atom is 0.287 e. The molecule has 1 aromatic rings. The molecule has 0 aromatic heterocycles. The third-order valence-electron chi connectivity index (χ3n) is 4.06. The van der Waals surface area contributed by atoms with Gasteiger partial charge < -0.3 is 4.90 Å². The highest BCUT2D eigenvalue weighted by Gasteiger charge is 2.32. The van der Waals surface area contributed by atoms with Crippen LogP contribution in [-0.2, 0) is 0 Å². The molecule has 1 saturated heterocycles. The van der Waals surface area contributed by atoms with Crippen LogP contribution >= 0.6 is 11.6 Å². The first kappa shape index (κ1) is 14.3. The number of halogens is 1. The molecule has 1 aliphatic carbocycles. The molecule has 1 saturated carbocycles. The summed E-state index contributed by atoms with van der Waals surface area (Å²) in [6, 6.07) is 4.86. The standard InChI is InChI=1S/C14H16ClN3O3/c15-12-9-10(1-4-13(12)18(20)21)14(19)17-7-5-16(6-8-17)11-2-3-11/h1,4,9,11H,2-3,5-8H2. The second kappa shape index (κ2) is 5.61. The Balaban J connectivity index is 1.67. The maximum absolute atomic E-state index is 12.4. The average molecular weight is 310 g/mol. The lowest BCUT2D eigenvalue weighted by Gasteiger charge is -2.34. The number of hydrogen-bond donors (Lipinski definition) is 0. The van der Waals surface area contributed by atoms with Crippen molar-refractivity contribution in [1.29, 1.82) is 0 Å². The third kappa shape index (κ3) is 3.01. The number of amides is 1. The number of benzene rings is 1. The van der Waals surface area contributed by atoms with Gasteiger partial charge in [-0.25, -0.2) is 0 Å². The first-order valence-corrected chi connectivity index (χ1v) is 7.41. The van der Waals surface area contributed by atoms with E-state index in [1.54, 1.807) is 4.90 Å². The maximum atomic E-state index is 12.4. The summed E-state index contributed by atoms with van der Waals surface area (Å²) in [4.78, 5) is 26.8. The lowest BCUT2D eigenvalue weighted by atomic mass is 10.1. The molecule has 7 heteroatoms. The van der Waals surface area contributed by atoms with E-state index in [2.05, 4.69) is 4.90 Å². The lowest BCUT2D eigenvalue weighted by molar-refractivity contribution is -0.384. The SMILES string of the molecule is O=C(c1ccc([N+](=O)[O-])c(Cl)c1)N1CCN(C2CC2)CC1. The highest BCUT2D eigenvalue weighted by atomic mass is 35.5. The van der Waals surface area contributed by atoms with Gasteiger partial charge >= 0.3 is 0 Å². The van der Waals surface area contributed by atoms with E-state index in [4.69, 9.17) is 11.6 Å². The van der Waals surface area contributed by atoms with Gasteiger partial charge in [-0.2, -0.15) is 0 Å². The molecule has 2 aliphatic rings. The smallest absolute Gasteiger partial charge is 0.287 e. The number of nitrogens with zero attached hydrogens (tertiary/aromatic N) is 3. The van der Waals surface area contributed by atoms with Gasteiger partial charge in [-0.3, -0.25) is 19.8 Å². The van der Waals surface area contributed by atoms with Gasteiger partial charge in [0.1, 0.15) is 5.02 Å². The number of carbonyl (C=O) groups excluding carboxylic acids is 1. The van der Waals surface area contributed by atoms with Crippen molar-refractivity contribution in [2.45, 2.75) is 18.9 Å². The number of piperazine rings is 1. The normalized spacial score (nSPS) is 19.6. The number of carbonyl (C=O) groups is 1. The highest BCUT2D eigenvalue weighted by molar-refractivity contribution is 6.33. The Bertz CT molecular complexity index is 581. The Labute approximate surface area is 127 Å². The van der Waals surface area contributed by atoms with Gasteiger partial charge in [0.05, 0.1) is 4.92 Å². The molecule has 0 bridgehead atoms. The zero-order chi connectivity index (χ0) is 15.0. The molecule has 0 spiro atoms. The second-order valence-corrected chi connectivity index (χ2v) is 5.89. The van der Waals surface area contributed by atoms with Crippen LogP contribution in [0.5, 0.6) is 0 Å². The largest absolute Gasteiger partial charge is 0.336 e. The molecule has 3 rings (SSSR count). The molecule has 1 heterocycles. The van der Waals surface area contributed by atoms with E-state index in [0.717, 1.165) is 19.1 Å². The van der Waals surface area contributed by atoms with Gasteiger partial charge in [0, 0.05) is 43.9 Å². The number of nitro benzene ring substituents is 1. The summed E-state index contributed by atoms with van der Waals surface area (Å²) in [7, 11) is 0. The van der Waals surface area contributed by atoms with Gasteiger partial charge in [-0.15, -0.1) is 0 Å². The summed E-state index contributed by atoms with van der Waals surface area (Å²) in [5, 5.41) is 10.7. The Morgan fingerprint density at radius 2 is 1.90 bits per heavy atom. The molecule has 6 nitrogen and oxygen atoms in total. The van der Waals surface area contributed by atoms with Crippen LogP contribution in [0, 0.1) is 10.1 Å². The Hall–Kier alpha value is -1.66. The van der Waals surface area contributed by atoms with E-state index in [1.165, 1.54) is 31.0 Å². The van der Waals surface area contributed by atoms with Crippen LogP contribution in [0.25, 0.3) is 0 Å². The molecular formula is C14H16ClN3O3. The van der Waals surface area contributed by atoms with E-state index in [1.807, 2.05) is 0 Å². The molecule has 0 unspecified atom stereocenters. The minimum Gasteiger partial charge on any atom is -0.336 e. The number of hydrogen-bond acceptors (Lipinski definition) is 4. The van der Waals surface area contributed by atoms with Gasteiger partial charge in [0.25, 0.3) is 11.6 Å². The van der Waals surface area contributed by atoms with Crippen molar-refractivity contribution in [2.75, 3.05) is 26.2 Å². The Kier molecular flexibility index (Phi) is 3.82. The molecule has 1 amide bonds. The van der Waals surface area contributed by atoms with Crippen molar-refractivity contribution in [3.63, 3.8) is 0 Å². The van der Waals surface area contributed by atoms with Crippen LogP contribution < -0.4 is 0 Å². The summed E-state index contributed by atoms with van der Waals surface area (Å²) < 4.78 is 0. The Morgan fingerprint density at radius 1 is 1.24 bits per heavy atom. The number of nitro groups is 1. The monoisotopic (exact) mass is 309 g/mol. The average Bonchev–Trinajstić information content (AvgIpc) is 3.31. The van der Waals surface area contributed by atoms with E-state index in [-0.39, 0.29) is 16.6 Å². The van der Waals surface area contributed by atoms with Gasteiger partial charge in [-0.1, -0.05) is 11.6 Å². The Morgan fingerprint density at radius 3 is 2.43 bits per heavy atom. The molecular weight excluding hydrogens is 294 g/mol. The van der Waals surface area contributed by atoms with Crippen molar-refractivity contribution in [3.8, 4) is 0 Å². The van der Waals surface area contributed by atoms with Crippen LogP contribution in [0.2, 0.25) is 5.02 Å². The van der Waals surface area contributed by atoms with Crippen molar-refractivity contribution in [3.05, 3.63) is 38.9 Å². The lowest BCUT2D eigenvalue weighted by Crippen LogP contribution is -2.49. The fourth-order valence-electron chi connectivity index (χ4n) is 2.70. The summed E-state index contributed by atoms with van der Waals surface area (Å²) in [6.07, 6.45) is 2.54. The molecule has 2 fully saturated rings. The fourth-order valence-corrected chi connectivity index (χ4v) is 2.95. The topological polar surface area (TPSA) is 66.7 Å². The van der Waals surface area contributed by atoms with Gasteiger partial charge in [0.2, 0.25) is 0 Å². The second-order valence-electron chi connectivity index (χ2n) is 5.48. The zero-order valence-corrected chi connectivity index (χ0v) is 12.3.